The summed E-state index contributed by atoms with van der Waals surface area (Å²) in [7, 11) is 1.60. The highest BCUT2D eigenvalue weighted by Crippen LogP contribution is 2.18. The molecule has 0 bridgehead atoms. The van der Waals surface area contributed by atoms with Crippen LogP contribution in [-0.2, 0) is 0 Å². The van der Waals surface area contributed by atoms with Gasteiger partial charge < -0.3 is 10.1 Å². The van der Waals surface area contributed by atoms with Gasteiger partial charge in [-0.05, 0) is 19.1 Å². The van der Waals surface area contributed by atoms with Crippen LogP contribution in [0.1, 0.15) is 5.69 Å². The number of ether oxygens (including phenoxy) is 1. The van der Waals surface area contributed by atoms with Crippen LogP contribution in [0, 0.1) is 6.92 Å². The number of aromatic nitrogens is 2. The third-order valence-electron chi connectivity index (χ3n) is 2.20. The summed E-state index contributed by atoms with van der Waals surface area (Å²) >= 11 is 0. The molecular weight excluding hydrogens is 218 g/mol. The molecule has 2 aromatic rings. The third kappa shape index (κ3) is 2.84. The van der Waals surface area contributed by atoms with Crippen LogP contribution >= 0.6 is 0 Å². The molecule has 0 aliphatic heterocycles. The van der Waals surface area contributed by atoms with Crippen molar-refractivity contribution in [2.45, 2.75) is 6.92 Å². The Bertz CT molecular complexity index is 578. The summed E-state index contributed by atoms with van der Waals surface area (Å²) < 4.78 is 5.11. The van der Waals surface area contributed by atoms with E-state index in [4.69, 9.17) is 4.74 Å². The van der Waals surface area contributed by atoms with Gasteiger partial charge in [-0.3, -0.25) is 9.78 Å². The Morgan fingerprint density at radius 2 is 2.18 bits per heavy atom. The monoisotopic (exact) mass is 231 g/mol. The second kappa shape index (κ2) is 4.69. The number of benzene rings is 1. The summed E-state index contributed by atoms with van der Waals surface area (Å²) in [5.74, 6) is 1.16. The molecule has 0 saturated heterocycles. The largest absolute Gasteiger partial charge is 0.497 e. The first-order valence-electron chi connectivity index (χ1n) is 5.16. The Kier molecular flexibility index (Phi) is 3.09. The van der Waals surface area contributed by atoms with Crippen molar-refractivity contribution in [2.75, 3.05) is 12.4 Å². The molecule has 5 heteroatoms. The van der Waals surface area contributed by atoms with E-state index in [9.17, 15) is 4.79 Å². The highest BCUT2D eigenvalue weighted by atomic mass is 16.5. The van der Waals surface area contributed by atoms with Gasteiger partial charge in [-0.25, -0.2) is 4.98 Å². The molecule has 1 heterocycles. The van der Waals surface area contributed by atoms with Crippen LogP contribution < -0.4 is 15.6 Å². The summed E-state index contributed by atoms with van der Waals surface area (Å²) in [6, 6.07) is 8.83. The highest BCUT2D eigenvalue weighted by molar-refractivity contribution is 5.55. The summed E-state index contributed by atoms with van der Waals surface area (Å²) in [5, 5.41) is 3.01. The molecule has 0 atom stereocenters. The van der Waals surface area contributed by atoms with Crippen molar-refractivity contribution < 1.29 is 4.74 Å². The smallest absolute Gasteiger partial charge is 0.252 e. The molecule has 0 spiro atoms. The molecule has 2 N–H and O–H groups in total. The molecule has 1 aromatic heterocycles. The van der Waals surface area contributed by atoms with Crippen molar-refractivity contribution in [3.63, 3.8) is 0 Å². The molecular formula is C12H13N3O2. The van der Waals surface area contributed by atoms with Gasteiger partial charge in [0.1, 0.15) is 5.75 Å². The number of rotatable bonds is 3. The topological polar surface area (TPSA) is 67.0 Å². The van der Waals surface area contributed by atoms with Gasteiger partial charge in [0, 0.05) is 23.5 Å². The Balaban J connectivity index is 2.27. The molecule has 0 fully saturated rings. The first-order valence-corrected chi connectivity index (χ1v) is 5.16. The SMILES string of the molecule is COc1cccc(Nc2nc(C)cc(=O)[nH]2)c1. The number of anilines is 2. The van der Waals surface area contributed by atoms with E-state index in [0.717, 1.165) is 11.4 Å². The van der Waals surface area contributed by atoms with Crippen molar-refractivity contribution in [3.05, 3.63) is 46.4 Å². The number of aryl methyl sites for hydroxylation is 1. The number of hydrogen-bond donors (Lipinski definition) is 2. The molecule has 17 heavy (non-hydrogen) atoms. The average molecular weight is 231 g/mol. The lowest BCUT2D eigenvalue weighted by molar-refractivity contribution is 0.415. The van der Waals surface area contributed by atoms with Gasteiger partial charge in [-0.2, -0.15) is 0 Å². The second-order valence-corrected chi connectivity index (χ2v) is 3.59. The molecule has 1 aromatic carbocycles. The number of methoxy groups -OCH3 is 1. The van der Waals surface area contributed by atoms with Gasteiger partial charge in [0.2, 0.25) is 5.95 Å². The van der Waals surface area contributed by atoms with E-state index in [-0.39, 0.29) is 5.56 Å². The van der Waals surface area contributed by atoms with E-state index in [1.807, 2.05) is 24.3 Å². The van der Waals surface area contributed by atoms with E-state index in [0.29, 0.717) is 11.6 Å². The number of aromatic amines is 1. The molecule has 0 radical (unpaired) electrons. The molecule has 0 saturated carbocycles. The fourth-order valence-electron chi connectivity index (χ4n) is 1.48. The zero-order valence-corrected chi connectivity index (χ0v) is 9.65. The fraction of sp³-hybridized carbons (Fsp3) is 0.167. The zero-order valence-electron chi connectivity index (χ0n) is 9.65. The van der Waals surface area contributed by atoms with Crippen molar-refractivity contribution in [1.29, 1.82) is 0 Å². The normalized spacial score (nSPS) is 10.0. The van der Waals surface area contributed by atoms with Crippen LogP contribution in [0.5, 0.6) is 5.75 Å². The Morgan fingerprint density at radius 3 is 2.88 bits per heavy atom. The summed E-state index contributed by atoms with van der Waals surface area (Å²) in [4.78, 5) is 18.1. The van der Waals surface area contributed by atoms with E-state index in [1.165, 1.54) is 6.07 Å². The maximum Gasteiger partial charge on any atom is 0.252 e. The molecule has 0 amide bonds. The molecule has 5 nitrogen and oxygen atoms in total. The van der Waals surface area contributed by atoms with Gasteiger partial charge >= 0.3 is 0 Å². The molecule has 88 valence electrons. The Hall–Kier alpha value is -2.30. The third-order valence-corrected chi connectivity index (χ3v) is 2.20. The van der Waals surface area contributed by atoms with Gasteiger partial charge in [0.15, 0.2) is 0 Å². The molecule has 0 aliphatic rings. The molecule has 0 unspecified atom stereocenters. The lowest BCUT2D eigenvalue weighted by atomic mass is 10.3. The van der Waals surface area contributed by atoms with Gasteiger partial charge in [-0.15, -0.1) is 0 Å². The summed E-state index contributed by atoms with van der Waals surface area (Å²) in [6.07, 6.45) is 0. The average Bonchev–Trinajstić information content (AvgIpc) is 2.28. The number of hydrogen-bond acceptors (Lipinski definition) is 4. The lowest BCUT2D eigenvalue weighted by Crippen LogP contribution is -2.10. The standard InChI is InChI=1S/C12H13N3O2/c1-8-6-11(16)15-12(13-8)14-9-4-3-5-10(7-9)17-2/h3-7H,1-2H3,(H2,13,14,15,16). The fourth-order valence-corrected chi connectivity index (χ4v) is 1.48. The summed E-state index contributed by atoms with van der Waals surface area (Å²) in [5.41, 5.74) is 1.29. The van der Waals surface area contributed by atoms with Crippen LogP contribution in [0.4, 0.5) is 11.6 Å². The minimum absolute atomic E-state index is 0.178. The van der Waals surface area contributed by atoms with E-state index >= 15 is 0 Å². The van der Waals surface area contributed by atoms with Crippen LogP contribution in [0.15, 0.2) is 35.1 Å². The van der Waals surface area contributed by atoms with Crippen LogP contribution in [-0.4, -0.2) is 17.1 Å². The predicted octanol–water partition coefficient (Wildman–Crippen LogP) is 1.83. The van der Waals surface area contributed by atoms with E-state index < -0.39 is 0 Å². The zero-order chi connectivity index (χ0) is 12.3. The van der Waals surface area contributed by atoms with Crippen LogP contribution in [0.2, 0.25) is 0 Å². The van der Waals surface area contributed by atoms with Crippen molar-refractivity contribution in [2.24, 2.45) is 0 Å². The number of H-pyrrole nitrogens is 1. The molecule has 0 aliphatic carbocycles. The quantitative estimate of drug-likeness (QED) is 0.845. The van der Waals surface area contributed by atoms with Gasteiger partial charge in [-0.1, -0.05) is 6.07 Å². The minimum Gasteiger partial charge on any atom is -0.497 e. The van der Waals surface area contributed by atoms with Crippen molar-refractivity contribution in [3.8, 4) is 5.75 Å². The van der Waals surface area contributed by atoms with E-state index in [2.05, 4.69) is 15.3 Å². The van der Waals surface area contributed by atoms with Crippen LogP contribution in [0.3, 0.4) is 0 Å². The van der Waals surface area contributed by atoms with E-state index in [1.54, 1.807) is 14.0 Å². The summed E-state index contributed by atoms with van der Waals surface area (Å²) in [6.45, 7) is 1.77. The van der Waals surface area contributed by atoms with Crippen LogP contribution in [0.25, 0.3) is 0 Å². The van der Waals surface area contributed by atoms with Gasteiger partial charge in [0.25, 0.3) is 5.56 Å². The first kappa shape index (κ1) is 11.2. The highest BCUT2D eigenvalue weighted by Gasteiger charge is 2.00. The predicted molar refractivity (Wildman–Crippen MR) is 65.9 cm³/mol. The maximum atomic E-state index is 11.3. The number of nitrogens with one attached hydrogen (secondary N) is 2. The minimum atomic E-state index is -0.178. The lowest BCUT2D eigenvalue weighted by Gasteiger charge is -2.07. The molecule has 2 rings (SSSR count). The van der Waals surface area contributed by atoms with Crippen molar-refractivity contribution >= 4 is 11.6 Å². The van der Waals surface area contributed by atoms with Crippen molar-refractivity contribution in [1.82, 2.24) is 9.97 Å². The number of nitrogens with zero attached hydrogens (tertiary/aromatic N) is 1. The van der Waals surface area contributed by atoms with Gasteiger partial charge in [0.05, 0.1) is 7.11 Å². The maximum absolute atomic E-state index is 11.3. The second-order valence-electron chi connectivity index (χ2n) is 3.59. The first-order chi connectivity index (χ1) is 8.17. The Morgan fingerprint density at radius 1 is 1.35 bits per heavy atom. The Labute approximate surface area is 98.5 Å².